The van der Waals surface area contributed by atoms with Crippen molar-refractivity contribution < 1.29 is 4.79 Å². The van der Waals surface area contributed by atoms with Crippen LogP contribution in [0.2, 0.25) is 0 Å². The minimum absolute atomic E-state index is 0.231. The number of para-hydroxylation sites is 1. The zero-order valence-corrected chi connectivity index (χ0v) is 14.3. The lowest BCUT2D eigenvalue weighted by atomic mass is 10.0. The number of hydrogen-bond donors (Lipinski definition) is 5. The summed E-state index contributed by atoms with van der Waals surface area (Å²) in [5.74, 6) is 0. The normalized spacial score (nSPS) is 13.6. The summed E-state index contributed by atoms with van der Waals surface area (Å²) in [6, 6.07) is 5.79. The van der Waals surface area contributed by atoms with Gasteiger partial charge in [-0.1, -0.05) is 31.6 Å². The van der Waals surface area contributed by atoms with E-state index in [2.05, 4.69) is 41.1 Å². The molecular weight excluding hydrogens is 306 g/mol. The van der Waals surface area contributed by atoms with Crippen molar-refractivity contribution in [1.29, 1.82) is 5.41 Å². The highest BCUT2D eigenvalue weighted by molar-refractivity contribution is 5.96. The Kier molecular flexibility index (Phi) is 8.31. The summed E-state index contributed by atoms with van der Waals surface area (Å²) in [6.45, 7) is 5.47. The number of carbonyl (C=O) groups excluding carboxylic acids is 1. The van der Waals surface area contributed by atoms with Gasteiger partial charge in [0.2, 0.25) is 0 Å². The van der Waals surface area contributed by atoms with Gasteiger partial charge in [-0.15, -0.1) is 11.1 Å². The van der Waals surface area contributed by atoms with Crippen LogP contribution in [0, 0.1) is 5.41 Å². The molecule has 8 nitrogen and oxygen atoms in total. The largest absolute Gasteiger partial charge is 0.405 e. The van der Waals surface area contributed by atoms with E-state index in [1.807, 2.05) is 25.3 Å². The van der Waals surface area contributed by atoms with E-state index >= 15 is 0 Å². The van der Waals surface area contributed by atoms with Gasteiger partial charge < -0.3 is 16.0 Å². The van der Waals surface area contributed by atoms with Crippen LogP contribution in [-0.4, -0.2) is 26.3 Å². The zero-order chi connectivity index (χ0) is 17.9. The molecule has 8 heteroatoms. The fourth-order valence-corrected chi connectivity index (χ4v) is 2.56. The van der Waals surface area contributed by atoms with Crippen LogP contribution in [0.15, 0.2) is 30.5 Å². The molecule has 1 aromatic carbocycles. The predicted octanol–water partition coefficient (Wildman–Crippen LogP) is 1.66. The number of rotatable bonds is 7. The van der Waals surface area contributed by atoms with E-state index in [-0.39, 0.29) is 6.03 Å². The van der Waals surface area contributed by atoms with Gasteiger partial charge in [0.25, 0.3) is 0 Å². The smallest absolute Gasteiger partial charge is 0.353 e. The lowest BCUT2D eigenvalue weighted by Gasteiger charge is -2.27. The summed E-state index contributed by atoms with van der Waals surface area (Å²) >= 11 is 0. The lowest BCUT2D eigenvalue weighted by Crippen LogP contribution is -2.39. The number of hydrazine groups is 3. The number of amides is 2. The van der Waals surface area contributed by atoms with Crippen LogP contribution in [0.1, 0.15) is 25.3 Å². The van der Waals surface area contributed by atoms with Gasteiger partial charge in [0, 0.05) is 13.6 Å². The number of aryl methyl sites for hydroxylation is 1. The van der Waals surface area contributed by atoms with Crippen LogP contribution < -0.4 is 32.1 Å². The molecule has 24 heavy (non-hydrogen) atoms. The fraction of sp³-hybridized carbons (Fsp3) is 0.375. The van der Waals surface area contributed by atoms with Gasteiger partial charge in [-0.05, 0) is 37.4 Å². The molecular formula is C16H27N7O. The Morgan fingerprint density at radius 1 is 1.42 bits per heavy atom. The highest BCUT2D eigenvalue weighted by Gasteiger charge is 2.25. The Morgan fingerprint density at radius 3 is 2.75 bits per heavy atom. The molecule has 6 N–H and O–H groups in total. The molecule has 2 rings (SSSR count). The van der Waals surface area contributed by atoms with Crippen molar-refractivity contribution in [3.05, 3.63) is 36.0 Å². The third kappa shape index (κ3) is 4.71. The Balaban J connectivity index is 0.00000139. The quantitative estimate of drug-likeness (QED) is 0.488. The average molecular weight is 333 g/mol. The van der Waals surface area contributed by atoms with E-state index in [0.29, 0.717) is 0 Å². The third-order valence-corrected chi connectivity index (χ3v) is 3.55. The number of anilines is 2. The van der Waals surface area contributed by atoms with Crippen LogP contribution >= 0.6 is 0 Å². The minimum atomic E-state index is -0.231. The molecule has 0 bridgehead atoms. The molecule has 1 saturated heterocycles. The molecule has 132 valence electrons. The Bertz CT molecular complexity index is 561. The molecule has 0 aliphatic carbocycles. The highest BCUT2D eigenvalue weighted by Crippen LogP contribution is 2.33. The average Bonchev–Trinajstić information content (AvgIpc) is 3.03. The maximum Gasteiger partial charge on any atom is 0.353 e. The number of hydrogen-bond acceptors (Lipinski definition) is 6. The van der Waals surface area contributed by atoms with Crippen molar-refractivity contribution in [3.8, 4) is 0 Å². The molecule has 0 unspecified atom stereocenters. The van der Waals surface area contributed by atoms with Crippen molar-refractivity contribution in [2.24, 2.45) is 5.73 Å². The monoisotopic (exact) mass is 333 g/mol. The second-order valence-electron chi connectivity index (χ2n) is 5.18. The molecule has 2 amide bonds. The Labute approximate surface area is 143 Å². The predicted molar refractivity (Wildman–Crippen MR) is 98.8 cm³/mol. The molecule has 0 aromatic heterocycles. The molecule has 1 aliphatic heterocycles. The van der Waals surface area contributed by atoms with Crippen LogP contribution in [0.5, 0.6) is 0 Å². The molecule has 0 saturated carbocycles. The molecule has 1 aliphatic rings. The first-order valence-electron chi connectivity index (χ1n) is 7.85. The summed E-state index contributed by atoms with van der Waals surface area (Å²) < 4.78 is 0. The third-order valence-electron chi connectivity index (χ3n) is 3.55. The van der Waals surface area contributed by atoms with Crippen LogP contribution in [-0.2, 0) is 6.42 Å². The van der Waals surface area contributed by atoms with Crippen molar-refractivity contribution >= 4 is 24.1 Å². The number of nitrogens with zero attached hydrogens (tertiary/aromatic N) is 2. The summed E-state index contributed by atoms with van der Waals surface area (Å²) in [4.78, 5) is 14.1. The fourth-order valence-electron chi connectivity index (χ4n) is 2.56. The molecule has 0 atom stereocenters. The summed E-state index contributed by atoms with van der Waals surface area (Å²) in [7, 11) is 2.03. The topological polar surface area (TPSA) is 110 Å². The van der Waals surface area contributed by atoms with Gasteiger partial charge in [0.05, 0.1) is 11.4 Å². The summed E-state index contributed by atoms with van der Waals surface area (Å²) in [5.41, 5.74) is 16.5. The molecule has 1 aromatic rings. The van der Waals surface area contributed by atoms with Gasteiger partial charge in [0.1, 0.15) is 0 Å². The second kappa shape index (κ2) is 10.2. The van der Waals surface area contributed by atoms with E-state index in [1.165, 1.54) is 10.6 Å². The van der Waals surface area contributed by atoms with Gasteiger partial charge in [-0.2, -0.15) is 0 Å². The van der Waals surface area contributed by atoms with Crippen molar-refractivity contribution in [3.63, 3.8) is 0 Å². The maximum atomic E-state index is 11.9. The number of nitrogens with two attached hydrogens (primary N) is 1. The first kappa shape index (κ1) is 19.5. The van der Waals surface area contributed by atoms with E-state index in [9.17, 15) is 4.79 Å². The summed E-state index contributed by atoms with van der Waals surface area (Å²) in [5, 5.41) is 6.98. The standard InChI is InChI=1S/C15H24N6O.CH3N/c1-3-7-12-8-6-9-13(21-15(22)17-18-19-21)14(12)20(2)11-5-4-10-16;1-2/h4,6,8-10,18-19H,3,5,7,11,16H2,1-2H3,(H,17,22);2H,1H2/b10-4-;. The number of nitrogens with one attached hydrogen (secondary N) is 4. The van der Waals surface area contributed by atoms with Gasteiger partial charge in [-0.3, -0.25) is 5.43 Å². The molecule has 0 spiro atoms. The Morgan fingerprint density at radius 2 is 2.17 bits per heavy atom. The van der Waals surface area contributed by atoms with Crippen LogP contribution in [0.4, 0.5) is 16.2 Å². The zero-order valence-electron chi connectivity index (χ0n) is 14.3. The van der Waals surface area contributed by atoms with Gasteiger partial charge >= 0.3 is 6.03 Å². The second-order valence-corrected chi connectivity index (χ2v) is 5.18. The van der Waals surface area contributed by atoms with Crippen molar-refractivity contribution in [2.45, 2.75) is 26.2 Å². The summed E-state index contributed by atoms with van der Waals surface area (Å²) in [6.07, 6.45) is 6.35. The molecule has 1 fully saturated rings. The van der Waals surface area contributed by atoms with Crippen molar-refractivity contribution in [1.82, 2.24) is 16.5 Å². The minimum Gasteiger partial charge on any atom is -0.405 e. The van der Waals surface area contributed by atoms with Crippen molar-refractivity contribution in [2.75, 3.05) is 23.5 Å². The van der Waals surface area contributed by atoms with Gasteiger partial charge in [-0.25, -0.2) is 9.80 Å². The van der Waals surface area contributed by atoms with Crippen LogP contribution in [0.3, 0.4) is 0 Å². The number of benzene rings is 1. The Hall–Kier alpha value is -2.58. The number of carbonyl (C=O) groups is 1. The van der Waals surface area contributed by atoms with E-state index in [1.54, 1.807) is 6.20 Å². The molecule has 1 heterocycles. The van der Waals surface area contributed by atoms with E-state index < -0.39 is 0 Å². The van der Waals surface area contributed by atoms with Crippen LogP contribution in [0.25, 0.3) is 0 Å². The first-order chi connectivity index (χ1) is 11.7. The first-order valence-corrected chi connectivity index (χ1v) is 7.85. The maximum absolute atomic E-state index is 11.9. The molecule has 0 radical (unpaired) electrons. The lowest BCUT2D eigenvalue weighted by molar-refractivity contribution is 0.250. The number of urea groups is 1. The highest BCUT2D eigenvalue weighted by atomic mass is 16.2. The van der Waals surface area contributed by atoms with E-state index in [0.717, 1.165) is 37.2 Å². The SMILES string of the molecule is C=N.CCCc1cccc(N2NNNC2=O)c1N(C)CC/C=C\N. The van der Waals surface area contributed by atoms with Gasteiger partial charge in [0.15, 0.2) is 0 Å². The van der Waals surface area contributed by atoms with E-state index in [4.69, 9.17) is 11.1 Å².